The molecule has 2 aromatic heterocycles. The standard InChI is InChI=1S/C14H15BrN2O4/c1-8(2)17-7-9(15)5-11(17)13(18)16-6-10-3-4-12(21-10)14(19)20/h3-5,7-8H,6H2,1-2H3,(H,16,18)(H,19,20). The van der Waals surface area contributed by atoms with E-state index in [0.29, 0.717) is 11.5 Å². The highest BCUT2D eigenvalue weighted by Crippen LogP contribution is 2.19. The number of hydrogen-bond donors (Lipinski definition) is 2. The summed E-state index contributed by atoms with van der Waals surface area (Å²) in [6.07, 6.45) is 1.84. The summed E-state index contributed by atoms with van der Waals surface area (Å²) in [5.41, 5.74) is 0.530. The molecule has 21 heavy (non-hydrogen) atoms. The van der Waals surface area contributed by atoms with Crippen molar-refractivity contribution in [1.82, 2.24) is 9.88 Å². The van der Waals surface area contributed by atoms with Gasteiger partial charge in [-0.1, -0.05) is 0 Å². The van der Waals surface area contributed by atoms with Crippen LogP contribution in [0.15, 0.2) is 33.3 Å². The fraction of sp³-hybridized carbons (Fsp3) is 0.286. The van der Waals surface area contributed by atoms with Crippen LogP contribution in [0.5, 0.6) is 0 Å². The van der Waals surface area contributed by atoms with Gasteiger partial charge in [0.05, 0.1) is 6.54 Å². The maximum Gasteiger partial charge on any atom is 0.371 e. The van der Waals surface area contributed by atoms with Crippen LogP contribution in [0.4, 0.5) is 0 Å². The Balaban J connectivity index is 2.06. The fourth-order valence-corrected chi connectivity index (χ4v) is 2.34. The zero-order valence-electron chi connectivity index (χ0n) is 11.6. The number of amides is 1. The first-order chi connectivity index (χ1) is 9.88. The van der Waals surface area contributed by atoms with E-state index in [-0.39, 0.29) is 24.3 Å². The molecule has 0 aromatic carbocycles. The molecular weight excluding hydrogens is 340 g/mol. The summed E-state index contributed by atoms with van der Waals surface area (Å²) in [4.78, 5) is 22.9. The summed E-state index contributed by atoms with van der Waals surface area (Å²) >= 11 is 3.35. The van der Waals surface area contributed by atoms with Crippen LogP contribution in [0.25, 0.3) is 0 Å². The van der Waals surface area contributed by atoms with Gasteiger partial charge in [-0.2, -0.15) is 0 Å². The second-order valence-electron chi connectivity index (χ2n) is 4.80. The topological polar surface area (TPSA) is 84.5 Å². The molecule has 2 aromatic rings. The van der Waals surface area contributed by atoms with Gasteiger partial charge >= 0.3 is 5.97 Å². The van der Waals surface area contributed by atoms with Crippen LogP contribution in [-0.2, 0) is 6.54 Å². The summed E-state index contributed by atoms with van der Waals surface area (Å²) in [5, 5.41) is 11.5. The molecule has 0 saturated heterocycles. The van der Waals surface area contributed by atoms with Crippen LogP contribution in [0.2, 0.25) is 0 Å². The van der Waals surface area contributed by atoms with Crippen molar-refractivity contribution in [2.45, 2.75) is 26.4 Å². The van der Waals surface area contributed by atoms with Gasteiger partial charge in [0, 0.05) is 16.7 Å². The smallest absolute Gasteiger partial charge is 0.371 e. The molecule has 1 amide bonds. The predicted octanol–water partition coefficient (Wildman–Crippen LogP) is 3.05. The lowest BCUT2D eigenvalue weighted by Gasteiger charge is -2.12. The van der Waals surface area contributed by atoms with E-state index in [1.165, 1.54) is 12.1 Å². The van der Waals surface area contributed by atoms with E-state index in [2.05, 4.69) is 21.2 Å². The Hall–Kier alpha value is -2.02. The van der Waals surface area contributed by atoms with Crippen molar-refractivity contribution in [1.29, 1.82) is 0 Å². The molecule has 0 bridgehead atoms. The molecule has 0 unspecified atom stereocenters. The molecule has 2 heterocycles. The maximum atomic E-state index is 12.2. The Bertz CT molecular complexity index is 672. The molecule has 2 N–H and O–H groups in total. The van der Waals surface area contributed by atoms with E-state index in [4.69, 9.17) is 9.52 Å². The van der Waals surface area contributed by atoms with Crippen LogP contribution >= 0.6 is 15.9 Å². The van der Waals surface area contributed by atoms with Gasteiger partial charge in [-0.25, -0.2) is 4.79 Å². The fourth-order valence-electron chi connectivity index (χ4n) is 1.90. The molecule has 0 aliphatic heterocycles. The lowest BCUT2D eigenvalue weighted by atomic mass is 10.3. The van der Waals surface area contributed by atoms with Crippen molar-refractivity contribution in [3.63, 3.8) is 0 Å². The van der Waals surface area contributed by atoms with Crippen molar-refractivity contribution in [3.8, 4) is 0 Å². The van der Waals surface area contributed by atoms with E-state index >= 15 is 0 Å². The van der Waals surface area contributed by atoms with Crippen molar-refractivity contribution in [3.05, 3.63) is 46.1 Å². The lowest BCUT2D eigenvalue weighted by molar-refractivity contribution is 0.0660. The minimum Gasteiger partial charge on any atom is -0.475 e. The van der Waals surface area contributed by atoms with Crippen LogP contribution in [0.1, 0.15) is 46.7 Å². The van der Waals surface area contributed by atoms with Crippen LogP contribution in [0, 0.1) is 0 Å². The predicted molar refractivity (Wildman–Crippen MR) is 79.4 cm³/mol. The molecular formula is C14H15BrN2O4. The van der Waals surface area contributed by atoms with Crippen LogP contribution in [-0.4, -0.2) is 21.6 Å². The Morgan fingerprint density at radius 1 is 1.43 bits per heavy atom. The molecule has 0 aliphatic carbocycles. The van der Waals surface area contributed by atoms with Crippen molar-refractivity contribution in [2.75, 3.05) is 0 Å². The van der Waals surface area contributed by atoms with E-state index in [0.717, 1.165) is 4.47 Å². The van der Waals surface area contributed by atoms with Crippen molar-refractivity contribution >= 4 is 27.8 Å². The van der Waals surface area contributed by atoms with Crippen LogP contribution in [0.3, 0.4) is 0 Å². The minimum absolute atomic E-state index is 0.132. The second-order valence-corrected chi connectivity index (χ2v) is 5.71. The Morgan fingerprint density at radius 2 is 2.14 bits per heavy atom. The number of carboxylic acids is 1. The molecule has 2 rings (SSSR count). The third-order valence-corrected chi connectivity index (χ3v) is 3.33. The van der Waals surface area contributed by atoms with Crippen LogP contribution < -0.4 is 5.32 Å². The summed E-state index contributed by atoms with van der Waals surface area (Å²) in [5.74, 6) is -1.14. The third kappa shape index (κ3) is 3.55. The van der Waals surface area contributed by atoms with Gasteiger partial charge in [0.1, 0.15) is 11.5 Å². The second kappa shape index (κ2) is 6.17. The first kappa shape index (κ1) is 15.4. The molecule has 0 saturated carbocycles. The highest BCUT2D eigenvalue weighted by atomic mass is 79.9. The minimum atomic E-state index is -1.13. The van der Waals surface area contributed by atoms with Crippen molar-refractivity contribution < 1.29 is 19.1 Å². The first-order valence-electron chi connectivity index (χ1n) is 6.36. The normalized spacial score (nSPS) is 10.9. The molecule has 0 spiro atoms. The van der Waals surface area contributed by atoms with Gasteiger partial charge in [-0.05, 0) is 48.0 Å². The van der Waals surface area contributed by atoms with E-state index in [1.807, 2.05) is 24.6 Å². The number of halogens is 1. The number of rotatable bonds is 5. The highest BCUT2D eigenvalue weighted by molar-refractivity contribution is 9.10. The molecule has 0 aliphatic rings. The zero-order valence-corrected chi connectivity index (χ0v) is 13.2. The molecule has 0 fully saturated rings. The zero-order chi connectivity index (χ0) is 15.6. The number of carbonyl (C=O) groups is 2. The average molecular weight is 355 g/mol. The van der Waals surface area contributed by atoms with Crippen molar-refractivity contribution in [2.24, 2.45) is 0 Å². The SMILES string of the molecule is CC(C)n1cc(Br)cc1C(=O)NCc1ccc(C(=O)O)o1. The summed E-state index contributed by atoms with van der Waals surface area (Å²) < 4.78 is 7.76. The third-order valence-electron chi connectivity index (χ3n) is 2.90. The first-order valence-corrected chi connectivity index (χ1v) is 7.15. The number of carboxylic acid groups (broad SMARTS) is 1. The molecule has 0 radical (unpaired) electrons. The van der Waals surface area contributed by atoms with Gasteiger partial charge in [0.2, 0.25) is 5.76 Å². The summed E-state index contributed by atoms with van der Waals surface area (Å²) in [6, 6.07) is 4.78. The maximum absolute atomic E-state index is 12.2. The number of nitrogens with zero attached hydrogens (tertiary/aromatic N) is 1. The van der Waals surface area contributed by atoms with E-state index in [1.54, 1.807) is 6.07 Å². The summed E-state index contributed by atoms with van der Waals surface area (Å²) in [6.45, 7) is 4.09. The van der Waals surface area contributed by atoms with Gasteiger partial charge in [0.15, 0.2) is 0 Å². The lowest BCUT2D eigenvalue weighted by Crippen LogP contribution is -2.25. The van der Waals surface area contributed by atoms with Gasteiger partial charge in [-0.15, -0.1) is 0 Å². The Labute approximate surface area is 129 Å². The van der Waals surface area contributed by atoms with Gasteiger partial charge < -0.3 is 19.4 Å². The summed E-state index contributed by atoms with van der Waals surface area (Å²) in [7, 11) is 0. The Morgan fingerprint density at radius 3 is 2.71 bits per heavy atom. The van der Waals surface area contributed by atoms with Gasteiger partial charge in [-0.3, -0.25) is 4.79 Å². The van der Waals surface area contributed by atoms with Gasteiger partial charge in [0.25, 0.3) is 5.91 Å². The number of nitrogens with one attached hydrogen (secondary N) is 1. The monoisotopic (exact) mass is 354 g/mol. The molecule has 7 heteroatoms. The number of carbonyl (C=O) groups excluding carboxylic acids is 1. The molecule has 112 valence electrons. The average Bonchev–Trinajstić information content (AvgIpc) is 3.02. The number of aromatic nitrogens is 1. The number of hydrogen-bond acceptors (Lipinski definition) is 3. The number of furan rings is 1. The largest absolute Gasteiger partial charge is 0.475 e. The number of aromatic carboxylic acids is 1. The van der Waals surface area contributed by atoms with E-state index < -0.39 is 5.97 Å². The quantitative estimate of drug-likeness (QED) is 0.863. The molecule has 6 nitrogen and oxygen atoms in total. The highest BCUT2D eigenvalue weighted by Gasteiger charge is 2.16. The Kier molecular flexibility index (Phi) is 4.52. The molecule has 0 atom stereocenters. The van der Waals surface area contributed by atoms with E-state index in [9.17, 15) is 9.59 Å².